The fraction of sp³-hybridized carbons (Fsp3) is 0.333. The van der Waals surface area contributed by atoms with E-state index in [4.69, 9.17) is 14.5 Å². The summed E-state index contributed by atoms with van der Waals surface area (Å²) in [5.74, 6) is 1.69. The second-order valence-corrected chi connectivity index (χ2v) is 9.83. The molecule has 0 bridgehead atoms. The molecule has 0 aliphatic heterocycles. The molecular formula is C27H25FN4O2. The molecular weight excluding hydrogens is 431 g/mol. The maximum absolute atomic E-state index is 15.0. The Balaban J connectivity index is 1.62. The monoisotopic (exact) mass is 456 g/mol. The minimum Gasteiger partial charge on any atom is -0.619 e. The highest BCUT2D eigenvalue weighted by Gasteiger charge is 2.50. The van der Waals surface area contributed by atoms with Crippen LogP contribution in [0.1, 0.15) is 54.5 Å². The van der Waals surface area contributed by atoms with E-state index < -0.39 is 0 Å². The molecule has 0 saturated carbocycles. The van der Waals surface area contributed by atoms with Crippen LogP contribution in [0.5, 0.6) is 0 Å². The minimum absolute atomic E-state index is 0.207. The molecule has 3 atom stereocenters. The fourth-order valence-electron chi connectivity index (χ4n) is 6.11. The van der Waals surface area contributed by atoms with Gasteiger partial charge in [0.25, 0.3) is 0 Å². The summed E-state index contributed by atoms with van der Waals surface area (Å²) < 4.78 is 21.4. The van der Waals surface area contributed by atoms with Gasteiger partial charge >= 0.3 is 0 Å². The van der Waals surface area contributed by atoms with Crippen LogP contribution in [0.25, 0.3) is 22.6 Å². The first-order chi connectivity index (χ1) is 16.4. The second kappa shape index (κ2) is 7.45. The van der Waals surface area contributed by atoms with E-state index in [0.717, 1.165) is 52.1 Å². The number of aryl methyl sites for hydroxylation is 1. The van der Waals surface area contributed by atoms with Gasteiger partial charge in [-0.15, -0.1) is 0 Å². The summed E-state index contributed by atoms with van der Waals surface area (Å²) >= 11 is 0. The van der Waals surface area contributed by atoms with Gasteiger partial charge in [-0.25, -0.2) is 14.4 Å². The van der Waals surface area contributed by atoms with Gasteiger partial charge in [0.2, 0.25) is 0 Å². The largest absolute Gasteiger partial charge is 0.619 e. The highest BCUT2D eigenvalue weighted by Crippen LogP contribution is 2.54. The van der Waals surface area contributed by atoms with Crippen LogP contribution in [-0.4, -0.2) is 15.1 Å². The van der Waals surface area contributed by atoms with Crippen LogP contribution in [0.2, 0.25) is 0 Å². The highest BCUT2D eigenvalue weighted by molar-refractivity contribution is 5.69. The maximum Gasteiger partial charge on any atom is 0.190 e. The van der Waals surface area contributed by atoms with Crippen LogP contribution in [-0.2, 0) is 18.3 Å². The molecule has 4 aromatic rings. The lowest BCUT2D eigenvalue weighted by Gasteiger charge is -2.47. The standard InChI is InChI=1S/C27H25FN4O2/c1-15-12-17(10-11-32(15)33)26-30-23(19-6-4-5-7-22(19)28)20-8-9-21-16(2)24-18(14-29-34-24)13-27(21,3)25(20)31-26/h4-7,10-12,14,16,21H,8-9,13H2,1-3H3/t16-,21-,27-/m1/s1. The predicted molar refractivity (Wildman–Crippen MR) is 124 cm³/mol. The van der Waals surface area contributed by atoms with Crippen LogP contribution >= 0.6 is 0 Å². The third-order valence-corrected chi connectivity index (χ3v) is 7.81. The molecule has 0 radical (unpaired) electrons. The van der Waals surface area contributed by atoms with Gasteiger partial charge in [0.05, 0.1) is 17.6 Å². The number of fused-ring (bicyclic) bond motifs is 4. The molecule has 172 valence electrons. The lowest BCUT2D eigenvalue weighted by molar-refractivity contribution is -0.612. The molecule has 7 heteroatoms. The van der Waals surface area contributed by atoms with Crippen LogP contribution in [0.15, 0.2) is 53.3 Å². The van der Waals surface area contributed by atoms with Gasteiger partial charge in [0, 0.05) is 52.6 Å². The van der Waals surface area contributed by atoms with Gasteiger partial charge in [0.15, 0.2) is 17.7 Å². The van der Waals surface area contributed by atoms with E-state index in [-0.39, 0.29) is 17.2 Å². The number of hydrogen-bond acceptors (Lipinski definition) is 5. The van der Waals surface area contributed by atoms with E-state index >= 15 is 4.39 Å². The summed E-state index contributed by atoms with van der Waals surface area (Å²) in [5, 5.41) is 16.0. The molecule has 2 aliphatic carbocycles. The van der Waals surface area contributed by atoms with Crippen molar-refractivity contribution in [3.63, 3.8) is 0 Å². The normalized spacial score (nSPS) is 23.2. The molecule has 0 N–H and O–H groups in total. The molecule has 1 aromatic carbocycles. The van der Waals surface area contributed by atoms with Crippen molar-refractivity contribution in [1.82, 2.24) is 15.1 Å². The van der Waals surface area contributed by atoms with Crippen molar-refractivity contribution >= 4 is 0 Å². The summed E-state index contributed by atoms with van der Waals surface area (Å²) in [7, 11) is 0. The van der Waals surface area contributed by atoms with Crippen molar-refractivity contribution in [2.75, 3.05) is 0 Å². The maximum atomic E-state index is 15.0. The Hall–Kier alpha value is -3.61. The molecule has 34 heavy (non-hydrogen) atoms. The third-order valence-electron chi connectivity index (χ3n) is 7.81. The van der Waals surface area contributed by atoms with Gasteiger partial charge < -0.3 is 9.73 Å². The topological polar surface area (TPSA) is 78.8 Å². The van der Waals surface area contributed by atoms with Gasteiger partial charge in [-0.05, 0) is 37.3 Å². The molecule has 6 rings (SSSR count). The number of nitrogens with zero attached hydrogens (tertiary/aromatic N) is 4. The van der Waals surface area contributed by atoms with Crippen LogP contribution in [0.3, 0.4) is 0 Å². The first-order valence-electron chi connectivity index (χ1n) is 11.7. The molecule has 0 spiro atoms. The van der Waals surface area contributed by atoms with Crippen molar-refractivity contribution < 1.29 is 13.6 Å². The van der Waals surface area contributed by atoms with E-state index in [1.165, 1.54) is 12.3 Å². The SMILES string of the molecule is Cc1cc(-c2nc(-c3ccccc3F)c3c(n2)[C@]2(C)Cc4cnoc4[C@H](C)[C@H]2CC3)cc[n+]1[O-]. The molecule has 3 heterocycles. The van der Waals surface area contributed by atoms with Gasteiger partial charge in [-0.2, -0.15) is 4.73 Å². The number of rotatable bonds is 2. The average Bonchev–Trinajstić information content (AvgIpc) is 3.29. The predicted octanol–water partition coefficient (Wildman–Crippen LogP) is 5.06. The molecule has 0 saturated heterocycles. The Labute approximate surface area is 197 Å². The summed E-state index contributed by atoms with van der Waals surface area (Å²) in [6, 6.07) is 10.3. The Kier molecular flexibility index (Phi) is 4.59. The van der Waals surface area contributed by atoms with E-state index in [0.29, 0.717) is 28.7 Å². The van der Waals surface area contributed by atoms with Crippen molar-refractivity contribution in [3.05, 3.63) is 88.1 Å². The second-order valence-electron chi connectivity index (χ2n) is 9.83. The van der Waals surface area contributed by atoms with Crippen molar-refractivity contribution in [3.8, 4) is 22.6 Å². The number of pyridine rings is 1. The zero-order chi connectivity index (χ0) is 23.6. The van der Waals surface area contributed by atoms with Crippen molar-refractivity contribution in [1.29, 1.82) is 0 Å². The van der Waals surface area contributed by atoms with Crippen LogP contribution in [0.4, 0.5) is 4.39 Å². The van der Waals surface area contributed by atoms with E-state index in [1.54, 1.807) is 31.2 Å². The smallest absolute Gasteiger partial charge is 0.190 e. The average molecular weight is 457 g/mol. The molecule has 0 unspecified atom stereocenters. The van der Waals surface area contributed by atoms with E-state index in [2.05, 4.69) is 19.0 Å². The molecule has 0 amide bonds. The lowest BCUT2D eigenvalue weighted by Crippen LogP contribution is -2.45. The number of halogens is 1. The van der Waals surface area contributed by atoms with Crippen molar-refractivity contribution in [2.45, 2.75) is 51.4 Å². The Morgan fingerprint density at radius 2 is 2.03 bits per heavy atom. The van der Waals surface area contributed by atoms with Crippen LogP contribution in [0, 0.1) is 23.9 Å². The molecule has 0 fully saturated rings. The number of aromatic nitrogens is 4. The summed E-state index contributed by atoms with van der Waals surface area (Å²) in [6.45, 7) is 6.21. The summed E-state index contributed by atoms with van der Waals surface area (Å²) in [5.41, 5.74) is 5.21. The zero-order valence-corrected chi connectivity index (χ0v) is 19.4. The highest BCUT2D eigenvalue weighted by atomic mass is 19.1. The van der Waals surface area contributed by atoms with Crippen LogP contribution < -0.4 is 4.73 Å². The van der Waals surface area contributed by atoms with Gasteiger partial charge in [-0.1, -0.05) is 31.1 Å². The van der Waals surface area contributed by atoms with E-state index in [9.17, 15) is 5.21 Å². The zero-order valence-electron chi connectivity index (χ0n) is 19.4. The van der Waals surface area contributed by atoms with Crippen molar-refractivity contribution in [2.24, 2.45) is 5.92 Å². The van der Waals surface area contributed by atoms with E-state index in [1.807, 2.05) is 12.3 Å². The third kappa shape index (κ3) is 2.99. The molecule has 3 aromatic heterocycles. The first kappa shape index (κ1) is 21.0. The number of benzene rings is 1. The Bertz CT molecular complexity index is 1430. The molecule has 2 aliphatic rings. The summed E-state index contributed by atoms with van der Waals surface area (Å²) in [4.78, 5) is 10.0. The fourth-order valence-corrected chi connectivity index (χ4v) is 6.11. The Morgan fingerprint density at radius 3 is 2.82 bits per heavy atom. The quantitative estimate of drug-likeness (QED) is 0.311. The summed E-state index contributed by atoms with van der Waals surface area (Å²) in [6.07, 6.45) is 5.74. The first-order valence-corrected chi connectivity index (χ1v) is 11.7. The van der Waals surface area contributed by atoms with Gasteiger partial charge in [0.1, 0.15) is 11.6 Å². The number of hydrogen-bond donors (Lipinski definition) is 0. The Morgan fingerprint density at radius 1 is 1.21 bits per heavy atom. The lowest BCUT2D eigenvalue weighted by atomic mass is 9.56. The van der Waals surface area contributed by atoms with Gasteiger partial charge in [-0.3, -0.25) is 0 Å². The minimum atomic E-state index is -0.304. The molecule has 6 nitrogen and oxygen atoms in total.